The van der Waals surface area contributed by atoms with E-state index in [-0.39, 0.29) is 11.9 Å². The fourth-order valence-electron chi connectivity index (χ4n) is 3.73. The highest BCUT2D eigenvalue weighted by Gasteiger charge is 2.42. The molecule has 4 heteroatoms. The predicted octanol–water partition coefficient (Wildman–Crippen LogP) is 2.24. The fourth-order valence-corrected chi connectivity index (χ4v) is 3.73. The summed E-state index contributed by atoms with van der Waals surface area (Å²) < 4.78 is 0. The first kappa shape index (κ1) is 13.3. The minimum atomic E-state index is -0.408. The summed E-state index contributed by atoms with van der Waals surface area (Å²) in [5.41, 5.74) is 11.4. The van der Waals surface area contributed by atoms with Gasteiger partial charge in [-0.1, -0.05) is 42.5 Å². The smallest absolute Gasteiger partial charge is 0.222 e. The zero-order chi connectivity index (χ0) is 15.3. The highest BCUT2D eigenvalue weighted by molar-refractivity contribution is 5.76. The zero-order valence-electron chi connectivity index (χ0n) is 12.6. The molecule has 2 heterocycles. The topological polar surface area (TPSA) is 49.6 Å². The van der Waals surface area contributed by atoms with Gasteiger partial charge in [-0.15, -0.1) is 0 Å². The van der Waals surface area contributed by atoms with Gasteiger partial charge >= 0.3 is 0 Å². The van der Waals surface area contributed by atoms with Crippen molar-refractivity contribution in [2.75, 3.05) is 11.4 Å². The normalized spacial score (nSPS) is 22.6. The summed E-state index contributed by atoms with van der Waals surface area (Å²) in [5.74, 6) is 0.0236. The Balaban J connectivity index is 1.92. The summed E-state index contributed by atoms with van der Waals surface area (Å²) in [7, 11) is 0. The molecule has 22 heavy (non-hydrogen) atoms. The van der Waals surface area contributed by atoms with Crippen molar-refractivity contribution >= 4 is 11.6 Å². The highest BCUT2D eigenvalue weighted by atomic mass is 16.2. The lowest BCUT2D eigenvalue weighted by Gasteiger charge is -2.30. The maximum absolute atomic E-state index is 11.9. The third-order valence-electron chi connectivity index (χ3n) is 4.78. The van der Waals surface area contributed by atoms with Crippen LogP contribution in [-0.4, -0.2) is 23.6 Å². The maximum atomic E-state index is 11.9. The van der Waals surface area contributed by atoms with E-state index < -0.39 is 6.29 Å². The monoisotopic (exact) mass is 293 g/mol. The van der Waals surface area contributed by atoms with Crippen molar-refractivity contribution in [2.24, 2.45) is 5.73 Å². The van der Waals surface area contributed by atoms with Gasteiger partial charge in [0.05, 0.1) is 6.04 Å². The minimum absolute atomic E-state index is 0.0236. The number of nitrogens with two attached hydrogens (primary N) is 1. The Morgan fingerprint density at radius 3 is 2.55 bits per heavy atom. The largest absolute Gasteiger partial charge is 0.330 e. The summed E-state index contributed by atoms with van der Waals surface area (Å²) in [4.78, 5) is 15.9. The van der Waals surface area contributed by atoms with Gasteiger partial charge in [0.15, 0.2) is 6.29 Å². The molecule has 0 aromatic heterocycles. The van der Waals surface area contributed by atoms with Gasteiger partial charge in [-0.05, 0) is 29.2 Å². The lowest BCUT2D eigenvalue weighted by Crippen LogP contribution is -2.48. The fraction of sp³-hybridized carbons (Fsp3) is 0.278. The average molecular weight is 293 g/mol. The second-order valence-electron chi connectivity index (χ2n) is 6.01. The molecule has 2 aliphatic rings. The van der Waals surface area contributed by atoms with E-state index >= 15 is 0 Å². The van der Waals surface area contributed by atoms with Crippen molar-refractivity contribution in [3.8, 4) is 0 Å². The van der Waals surface area contributed by atoms with Crippen LogP contribution < -0.4 is 10.6 Å². The number of rotatable bonds is 0. The first-order chi connectivity index (χ1) is 10.7. The van der Waals surface area contributed by atoms with Gasteiger partial charge in [-0.3, -0.25) is 10.5 Å². The zero-order valence-corrected chi connectivity index (χ0v) is 12.6. The Morgan fingerprint density at radius 2 is 1.77 bits per heavy atom. The van der Waals surface area contributed by atoms with Crippen LogP contribution in [0.2, 0.25) is 0 Å². The Bertz CT molecular complexity index is 743. The van der Waals surface area contributed by atoms with Crippen LogP contribution in [0.1, 0.15) is 29.7 Å². The van der Waals surface area contributed by atoms with Gasteiger partial charge in [0, 0.05) is 19.2 Å². The Kier molecular flexibility index (Phi) is 2.94. The molecular weight excluding hydrogens is 274 g/mol. The molecule has 0 saturated carbocycles. The lowest BCUT2D eigenvalue weighted by molar-refractivity contribution is -0.129. The first-order valence-electron chi connectivity index (χ1n) is 7.63. The summed E-state index contributed by atoms with van der Waals surface area (Å²) in [6, 6.07) is 17.0. The van der Waals surface area contributed by atoms with Gasteiger partial charge in [0.1, 0.15) is 0 Å². The van der Waals surface area contributed by atoms with E-state index in [1.807, 2.05) is 6.07 Å². The van der Waals surface area contributed by atoms with Crippen molar-refractivity contribution < 1.29 is 4.79 Å². The second kappa shape index (κ2) is 4.85. The number of carbonyl (C=O) groups is 1. The van der Waals surface area contributed by atoms with E-state index in [1.54, 1.807) is 11.8 Å². The van der Waals surface area contributed by atoms with E-state index in [4.69, 9.17) is 5.73 Å². The van der Waals surface area contributed by atoms with E-state index in [9.17, 15) is 4.79 Å². The number of para-hydroxylation sites is 1. The van der Waals surface area contributed by atoms with Crippen molar-refractivity contribution in [1.82, 2.24) is 4.90 Å². The van der Waals surface area contributed by atoms with Crippen LogP contribution in [0.15, 0.2) is 48.5 Å². The van der Waals surface area contributed by atoms with Crippen molar-refractivity contribution in [1.29, 1.82) is 0 Å². The summed E-state index contributed by atoms with van der Waals surface area (Å²) in [6.45, 7) is 2.23. The predicted molar refractivity (Wildman–Crippen MR) is 86.3 cm³/mol. The number of benzene rings is 2. The molecule has 2 atom stereocenters. The van der Waals surface area contributed by atoms with Gasteiger partial charge in [-0.2, -0.15) is 0 Å². The van der Waals surface area contributed by atoms with Crippen molar-refractivity contribution in [3.05, 3.63) is 65.2 Å². The number of hydrogen-bond acceptors (Lipinski definition) is 3. The average Bonchev–Trinajstić information content (AvgIpc) is 2.79. The number of anilines is 1. The first-order valence-corrected chi connectivity index (χ1v) is 7.63. The van der Waals surface area contributed by atoms with E-state index in [0.717, 1.165) is 12.1 Å². The standard InChI is InChI=1S/C18H19N3O/c1-12(22)20-11-17-15-8-4-2-6-13(15)10-14-7-3-5-9-16(14)21(17)18(20)19/h2-9,17-18H,10-11,19H2,1H3. The van der Waals surface area contributed by atoms with E-state index in [1.165, 1.54) is 16.7 Å². The van der Waals surface area contributed by atoms with Gasteiger partial charge in [-0.25, -0.2) is 0 Å². The van der Waals surface area contributed by atoms with Crippen molar-refractivity contribution in [3.63, 3.8) is 0 Å². The minimum Gasteiger partial charge on any atom is -0.330 e. The summed E-state index contributed by atoms with van der Waals surface area (Å²) >= 11 is 0. The van der Waals surface area contributed by atoms with Crippen LogP contribution in [0.25, 0.3) is 0 Å². The SMILES string of the molecule is CC(=O)N1CC2c3ccccc3Cc3ccccc3N2C1N. The third-order valence-corrected chi connectivity index (χ3v) is 4.78. The second-order valence-corrected chi connectivity index (χ2v) is 6.01. The lowest BCUT2D eigenvalue weighted by atomic mass is 9.97. The molecule has 0 bridgehead atoms. The van der Waals surface area contributed by atoms with E-state index in [2.05, 4.69) is 47.4 Å². The quantitative estimate of drug-likeness (QED) is 0.810. The van der Waals surface area contributed by atoms with Gasteiger partial charge in [0.25, 0.3) is 0 Å². The number of fused-ring (bicyclic) bond motifs is 5. The molecule has 1 amide bonds. The molecule has 0 radical (unpaired) electrons. The van der Waals surface area contributed by atoms with Crippen LogP contribution in [0.3, 0.4) is 0 Å². The molecule has 4 rings (SSSR count). The number of amides is 1. The number of carbonyl (C=O) groups excluding carboxylic acids is 1. The summed E-state index contributed by atoms with van der Waals surface area (Å²) in [5, 5.41) is 0. The van der Waals surface area contributed by atoms with Crippen LogP contribution in [0, 0.1) is 0 Å². The molecular formula is C18H19N3O. The molecule has 1 fully saturated rings. The highest BCUT2D eigenvalue weighted by Crippen LogP contribution is 2.42. The molecule has 0 aliphatic carbocycles. The number of nitrogens with zero attached hydrogens (tertiary/aromatic N) is 2. The molecule has 0 spiro atoms. The molecule has 2 aliphatic heterocycles. The Labute approximate surface area is 130 Å². The molecule has 2 aromatic rings. The third kappa shape index (κ3) is 1.84. The van der Waals surface area contributed by atoms with Crippen LogP contribution >= 0.6 is 0 Å². The van der Waals surface area contributed by atoms with Crippen LogP contribution in [0.4, 0.5) is 5.69 Å². The molecule has 112 valence electrons. The van der Waals surface area contributed by atoms with Crippen molar-refractivity contribution in [2.45, 2.75) is 25.7 Å². The van der Waals surface area contributed by atoms with E-state index in [0.29, 0.717) is 6.54 Å². The Hall–Kier alpha value is -2.33. The molecule has 2 N–H and O–H groups in total. The molecule has 4 nitrogen and oxygen atoms in total. The maximum Gasteiger partial charge on any atom is 0.222 e. The van der Waals surface area contributed by atoms with Crippen LogP contribution in [0.5, 0.6) is 0 Å². The Morgan fingerprint density at radius 1 is 1.09 bits per heavy atom. The molecule has 1 saturated heterocycles. The molecule has 2 unspecified atom stereocenters. The molecule has 2 aromatic carbocycles. The van der Waals surface area contributed by atoms with Gasteiger partial charge in [0.2, 0.25) is 5.91 Å². The van der Waals surface area contributed by atoms with Crippen LogP contribution in [-0.2, 0) is 11.2 Å². The van der Waals surface area contributed by atoms with Gasteiger partial charge < -0.3 is 9.80 Å². The summed E-state index contributed by atoms with van der Waals surface area (Å²) in [6.07, 6.45) is 0.501. The number of hydrogen-bond donors (Lipinski definition) is 1.